The quantitative estimate of drug-likeness (QED) is 0.553. The summed E-state index contributed by atoms with van der Waals surface area (Å²) in [5.74, 6) is 0. The van der Waals surface area contributed by atoms with Gasteiger partial charge in [-0.05, 0) is 36.2 Å². The van der Waals surface area contributed by atoms with E-state index in [1.807, 2.05) is 85.8 Å². The molecule has 2 heteroatoms. The minimum atomic E-state index is -1.20. The molecule has 0 aliphatic rings. The standard InChI is InChI=1S/C23H20OS/c1-3-19(20-9-5-4-6-10-20)17-21-11-7-8-12-23(21)25(24)22-15-13-18(2)14-16-22/h4-16H,1,17H2,2H3. The van der Waals surface area contributed by atoms with E-state index in [9.17, 15) is 4.21 Å². The lowest BCUT2D eigenvalue weighted by molar-refractivity contribution is 0.682. The lowest BCUT2D eigenvalue weighted by Gasteiger charge is -2.11. The molecule has 1 unspecified atom stereocenters. The summed E-state index contributed by atoms with van der Waals surface area (Å²) in [5, 5.41) is 0. The van der Waals surface area contributed by atoms with Crippen molar-refractivity contribution in [1.82, 2.24) is 0 Å². The van der Waals surface area contributed by atoms with E-state index in [-0.39, 0.29) is 0 Å². The zero-order chi connectivity index (χ0) is 17.6. The number of rotatable bonds is 5. The SMILES string of the molecule is C=C=C(Cc1ccccc1S(=O)c1ccc(C)cc1)c1ccccc1. The first-order valence-electron chi connectivity index (χ1n) is 8.19. The van der Waals surface area contributed by atoms with E-state index in [4.69, 9.17) is 0 Å². The molecule has 0 aliphatic heterocycles. The maximum absolute atomic E-state index is 13.1. The van der Waals surface area contributed by atoms with Crippen LogP contribution in [0.5, 0.6) is 0 Å². The van der Waals surface area contributed by atoms with Crippen LogP contribution in [0.25, 0.3) is 5.57 Å². The molecule has 0 saturated carbocycles. The average molecular weight is 344 g/mol. The van der Waals surface area contributed by atoms with E-state index in [0.29, 0.717) is 6.42 Å². The third-order valence-electron chi connectivity index (χ3n) is 4.11. The largest absolute Gasteiger partial charge is 0.249 e. The topological polar surface area (TPSA) is 17.1 Å². The highest BCUT2D eigenvalue weighted by atomic mass is 32.2. The second kappa shape index (κ2) is 7.94. The predicted molar refractivity (Wildman–Crippen MR) is 105 cm³/mol. The second-order valence-corrected chi connectivity index (χ2v) is 7.34. The molecule has 3 aromatic carbocycles. The van der Waals surface area contributed by atoms with E-state index in [1.54, 1.807) is 0 Å². The number of hydrogen-bond donors (Lipinski definition) is 0. The van der Waals surface area contributed by atoms with Gasteiger partial charge in [0.05, 0.1) is 10.8 Å². The van der Waals surface area contributed by atoms with Crippen molar-refractivity contribution in [3.8, 4) is 0 Å². The van der Waals surface area contributed by atoms with Crippen molar-refractivity contribution in [1.29, 1.82) is 0 Å². The van der Waals surface area contributed by atoms with Crippen LogP contribution in [0.1, 0.15) is 16.7 Å². The lowest BCUT2D eigenvalue weighted by atomic mass is 9.99. The van der Waals surface area contributed by atoms with Crippen molar-refractivity contribution in [2.24, 2.45) is 0 Å². The average Bonchev–Trinajstić information content (AvgIpc) is 2.67. The van der Waals surface area contributed by atoms with E-state index in [1.165, 1.54) is 0 Å². The molecule has 0 heterocycles. The Kier molecular flexibility index (Phi) is 5.45. The molecule has 0 aromatic heterocycles. The molecule has 124 valence electrons. The van der Waals surface area contributed by atoms with Crippen molar-refractivity contribution < 1.29 is 4.21 Å². The molecule has 0 amide bonds. The zero-order valence-electron chi connectivity index (χ0n) is 14.2. The molecule has 3 rings (SSSR count). The summed E-state index contributed by atoms with van der Waals surface area (Å²) in [6, 6.07) is 25.8. The predicted octanol–water partition coefficient (Wildman–Crippen LogP) is 5.57. The number of benzene rings is 3. The van der Waals surface area contributed by atoms with Crippen molar-refractivity contribution >= 4 is 16.4 Å². The van der Waals surface area contributed by atoms with Crippen LogP contribution in [-0.2, 0) is 17.2 Å². The Labute approximate surface area is 151 Å². The highest BCUT2D eigenvalue weighted by Crippen LogP contribution is 2.25. The minimum Gasteiger partial charge on any atom is -0.249 e. The zero-order valence-corrected chi connectivity index (χ0v) is 15.1. The molecular formula is C23H20OS. The summed E-state index contributed by atoms with van der Waals surface area (Å²) in [7, 11) is -1.20. The Morgan fingerprint density at radius 2 is 1.56 bits per heavy atom. The van der Waals surface area contributed by atoms with E-state index in [2.05, 4.69) is 12.3 Å². The van der Waals surface area contributed by atoms with Crippen LogP contribution < -0.4 is 0 Å². The first-order valence-corrected chi connectivity index (χ1v) is 9.34. The summed E-state index contributed by atoms with van der Waals surface area (Å²) in [5.41, 5.74) is 7.35. The number of hydrogen-bond acceptors (Lipinski definition) is 1. The van der Waals surface area contributed by atoms with Gasteiger partial charge >= 0.3 is 0 Å². The van der Waals surface area contributed by atoms with Gasteiger partial charge in [0.1, 0.15) is 0 Å². The first kappa shape index (κ1) is 17.2. The van der Waals surface area contributed by atoms with Crippen LogP contribution >= 0.6 is 0 Å². The second-order valence-electron chi connectivity index (χ2n) is 5.89. The molecular weight excluding hydrogens is 324 g/mol. The Bertz CT molecular complexity index is 933. The molecule has 0 radical (unpaired) electrons. The van der Waals surface area contributed by atoms with Gasteiger partial charge < -0.3 is 0 Å². The van der Waals surface area contributed by atoms with E-state index in [0.717, 1.165) is 32.1 Å². The molecule has 0 fully saturated rings. The highest BCUT2D eigenvalue weighted by Gasteiger charge is 2.13. The molecule has 1 nitrogen and oxygen atoms in total. The molecule has 0 bridgehead atoms. The Hall–Kier alpha value is -2.67. The summed E-state index contributed by atoms with van der Waals surface area (Å²) >= 11 is 0. The normalized spacial score (nSPS) is 11.6. The summed E-state index contributed by atoms with van der Waals surface area (Å²) in [4.78, 5) is 1.66. The molecule has 0 N–H and O–H groups in total. The van der Waals surface area contributed by atoms with Crippen LogP contribution in [0.3, 0.4) is 0 Å². The molecule has 0 saturated heterocycles. The fourth-order valence-electron chi connectivity index (χ4n) is 2.72. The molecule has 1 atom stereocenters. The van der Waals surface area contributed by atoms with Gasteiger partial charge in [0.2, 0.25) is 0 Å². The third-order valence-corrected chi connectivity index (χ3v) is 5.61. The van der Waals surface area contributed by atoms with E-state index >= 15 is 0 Å². The summed E-state index contributed by atoms with van der Waals surface area (Å²) in [6.45, 7) is 5.87. The van der Waals surface area contributed by atoms with Crippen molar-refractivity contribution in [3.05, 3.63) is 108 Å². The van der Waals surface area contributed by atoms with Crippen molar-refractivity contribution in [2.75, 3.05) is 0 Å². The first-order chi connectivity index (χ1) is 12.2. The summed E-state index contributed by atoms with van der Waals surface area (Å²) < 4.78 is 13.1. The Morgan fingerprint density at radius 1 is 0.920 bits per heavy atom. The van der Waals surface area contributed by atoms with Gasteiger partial charge in [-0.1, -0.05) is 72.8 Å². The number of allylic oxidation sites excluding steroid dienone is 1. The van der Waals surface area contributed by atoms with Crippen LogP contribution in [0.15, 0.2) is 101 Å². The maximum Gasteiger partial charge on any atom is 0.0852 e. The van der Waals surface area contributed by atoms with Crippen LogP contribution in [0.2, 0.25) is 0 Å². The van der Waals surface area contributed by atoms with Gasteiger partial charge in [0, 0.05) is 21.8 Å². The van der Waals surface area contributed by atoms with Gasteiger partial charge in [-0.25, -0.2) is 4.21 Å². The maximum atomic E-state index is 13.1. The van der Waals surface area contributed by atoms with Crippen molar-refractivity contribution in [3.63, 3.8) is 0 Å². The number of aryl methyl sites for hydroxylation is 1. The van der Waals surface area contributed by atoms with Gasteiger partial charge in [0.25, 0.3) is 0 Å². The molecule has 25 heavy (non-hydrogen) atoms. The lowest BCUT2D eigenvalue weighted by Crippen LogP contribution is -2.00. The smallest absolute Gasteiger partial charge is 0.0852 e. The summed E-state index contributed by atoms with van der Waals surface area (Å²) in [6.07, 6.45) is 0.654. The Morgan fingerprint density at radius 3 is 2.24 bits per heavy atom. The van der Waals surface area contributed by atoms with Gasteiger partial charge in [-0.15, -0.1) is 5.73 Å². The van der Waals surface area contributed by atoms with Gasteiger partial charge in [-0.3, -0.25) is 0 Å². The van der Waals surface area contributed by atoms with Crippen molar-refractivity contribution in [2.45, 2.75) is 23.1 Å². The van der Waals surface area contributed by atoms with Crippen LogP contribution in [0, 0.1) is 6.92 Å². The van der Waals surface area contributed by atoms with Gasteiger partial charge in [-0.2, -0.15) is 0 Å². The molecule has 0 aliphatic carbocycles. The van der Waals surface area contributed by atoms with E-state index < -0.39 is 10.8 Å². The molecule has 0 spiro atoms. The fourth-order valence-corrected chi connectivity index (χ4v) is 3.93. The monoisotopic (exact) mass is 344 g/mol. The molecule has 3 aromatic rings. The van der Waals surface area contributed by atoms with Crippen LogP contribution in [0.4, 0.5) is 0 Å². The van der Waals surface area contributed by atoms with Gasteiger partial charge in [0.15, 0.2) is 0 Å². The third kappa shape index (κ3) is 4.06. The van der Waals surface area contributed by atoms with Crippen LogP contribution in [-0.4, -0.2) is 4.21 Å². The highest BCUT2D eigenvalue weighted by molar-refractivity contribution is 7.85. The minimum absolute atomic E-state index is 0.654. The Balaban J connectivity index is 1.95. The fraction of sp³-hybridized carbons (Fsp3) is 0.0870.